The van der Waals surface area contributed by atoms with Crippen molar-refractivity contribution in [1.82, 2.24) is 9.13 Å². The van der Waals surface area contributed by atoms with E-state index in [-0.39, 0.29) is 5.92 Å². The molecule has 0 fully saturated rings. The van der Waals surface area contributed by atoms with E-state index in [0.29, 0.717) is 5.56 Å². The third-order valence-electron chi connectivity index (χ3n) is 10.3. The first-order valence-electron chi connectivity index (χ1n) is 16.8. The van der Waals surface area contributed by atoms with Crippen molar-refractivity contribution in [2.45, 2.75) is 38.0 Å². The van der Waals surface area contributed by atoms with Crippen LogP contribution in [0.5, 0.6) is 0 Å². The number of aromatic nitrogens is 2. The number of aryl methyl sites for hydroxylation is 1. The first-order chi connectivity index (χ1) is 23.7. The van der Waals surface area contributed by atoms with Gasteiger partial charge in [-0.3, -0.25) is 0 Å². The topological polar surface area (TPSA) is 57.4 Å². The zero-order chi connectivity index (χ0) is 32.2. The summed E-state index contributed by atoms with van der Waals surface area (Å²) in [6.07, 6.45) is 18.0. The van der Waals surface area contributed by atoms with Crippen LogP contribution < -0.4 is 0 Å². The smallest absolute Gasteiger partial charge is 0.0995 e. The lowest BCUT2D eigenvalue weighted by molar-refractivity contribution is 0.811. The molecule has 3 aliphatic rings. The Bertz CT molecular complexity index is 2560. The minimum atomic E-state index is 0.161. The molecule has 0 spiro atoms. The van der Waals surface area contributed by atoms with E-state index in [1.165, 1.54) is 39.0 Å². The maximum absolute atomic E-state index is 10.4. The van der Waals surface area contributed by atoms with Gasteiger partial charge in [0.25, 0.3) is 0 Å². The summed E-state index contributed by atoms with van der Waals surface area (Å²) in [6.45, 7) is 0. The van der Waals surface area contributed by atoms with Crippen LogP contribution in [-0.4, -0.2) is 9.13 Å². The number of rotatable bonds is 4. The molecule has 9 rings (SSSR count). The zero-order valence-corrected chi connectivity index (χ0v) is 26.5. The van der Waals surface area contributed by atoms with Crippen LogP contribution in [0, 0.1) is 22.7 Å². The van der Waals surface area contributed by atoms with Crippen molar-refractivity contribution < 1.29 is 0 Å². The number of nitrogens with zero attached hydrogens (tertiary/aromatic N) is 4. The molecular weight excluding hydrogens is 585 g/mol. The van der Waals surface area contributed by atoms with Crippen molar-refractivity contribution in [2.75, 3.05) is 0 Å². The lowest BCUT2D eigenvalue weighted by atomic mass is 9.80. The minimum Gasteiger partial charge on any atom is -0.313 e. The number of allylic oxidation sites excluding steroid dienone is 9. The van der Waals surface area contributed by atoms with E-state index in [4.69, 9.17) is 0 Å². The molecule has 48 heavy (non-hydrogen) atoms. The van der Waals surface area contributed by atoms with Crippen LogP contribution in [0.1, 0.15) is 54.0 Å². The molecular formula is C44H32N4. The van der Waals surface area contributed by atoms with E-state index in [1.54, 1.807) is 0 Å². The maximum atomic E-state index is 10.4. The highest BCUT2D eigenvalue weighted by Gasteiger charge is 2.28. The van der Waals surface area contributed by atoms with Gasteiger partial charge in [0.15, 0.2) is 0 Å². The second-order valence-electron chi connectivity index (χ2n) is 12.9. The van der Waals surface area contributed by atoms with Crippen LogP contribution in [0.25, 0.3) is 50.2 Å². The summed E-state index contributed by atoms with van der Waals surface area (Å²) in [5.41, 5.74) is 13.4. The summed E-state index contributed by atoms with van der Waals surface area (Å²) >= 11 is 0. The standard InChI is InChI=1S/C44H32N4/c45-27-29-22-23-42-38(24-29)37-17-3-4-18-39(37)47(42)34-14-8-11-31(26-34)30-10-7-12-32(25-30)44-33(28-46)13-9-21-43(44)48-40-19-5-1-15-35(40)36-16-2-6-20-41(36)48/h1,3-8,10-15,17-20,22-24,26,30H,2,9,16,21,25H2. The van der Waals surface area contributed by atoms with Crippen LogP contribution in [0.4, 0.5) is 0 Å². The molecule has 4 heteroatoms. The lowest BCUT2D eigenvalue weighted by Crippen LogP contribution is -2.13. The van der Waals surface area contributed by atoms with Crippen molar-refractivity contribution in [3.8, 4) is 17.8 Å². The largest absolute Gasteiger partial charge is 0.313 e. The second kappa shape index (κ2) is 11.3. The molecule has 0 aliphatic heterocycles. The molecule has 6 aromatic rings. The molecule has 0 radical (unpaired) electrons. The van der Waals surface area contributed by atoms with Gasteiger partial charge in [0, 0.05) is 44.7 Å². The molecule has 0 amide bonds. The van der Waals surface area contributed by atoms with E-state index in [0.717, 1.165) is 70.7 Å². The van der Waals surface area contributed by atoms with Crippen molar-refractivity contribution >= 4 is 44.5 Å². The van der Waals surface area contributed by atoms with Crippen LogP contribution in [-0.2, 0) is 6.42 Å². The summed E-state index contributed by atoms with van der Waals surface area (Å²) in [7, 11) is 0. The Balaban J connectivity index is 1.15. The van der Waals surface area contributed by atoms with Gasteiger partial charge in [-0.15, -0.1) is 0 Å². The Kier molecular flexibility index (Phi) is 6.63. The maximum Gasteiger partial charge on any atom is 0.0995 e. The number of para-hydroxylation sites is 2. The molecule has 4 nitrogen and oxygen atoms in total. The predicted octanol–water partition coefficient (Wildman–Crippen LogP) is 10.7. The number of fused-ring (bicyclic) bond motifs is 6. The Morgan fingerprint density at radius 2 is 1.52 bits per heavy atom. The highest BCUT2D eigenvalue weighted by molar-refractivity contribution is 6.09. The molecule has 0 saturated heterocycles. The van der Waals surface area contributed by atoms with Crippen molar-refractivity contribution in [3.63, 3.8) is 0 Å². The average Bonchev–Trinajstić information content (AvgIpc) is 3.67. The van der Waals surface area contributed by atoms with Crippen LogP contribution in [0.15, 0.2) is 138 Å². The Labute approximate surface area is 279 Å². The first-order valence-corrected chi connectivity index (χ1v) is 16.8. The van der Waals surface area contributed by atoms with Gasteiger partial charge in [-0.05, 0) is 97.3 Å². The molecule has 0 N–H and O–H groups in total. The van der Waals surface area contributed by atoms with Crippen molar-refractivity contribution in [1.29, 1.82) is 10.5 Å². The second-order valence-corrected chi connectivity index (χ2v) is 12.9. The molecule has 2 heterocycles. The third-order valence-corrected chi connectivity index (χ3v) is 10.3. The summed E-state index contributed by atoms with van der Waals surface area (Å²) in [4.78, 5) is 0. The fourth-order valence-corrected chi connectivity index (χ4v) is 8.21. The number of hydrogen-bond donors (Lipinski definition) is 0. The quantitative estimate of drug-likeness (QED) is 0.198. The molecule has 4 aromatic carbocycles. The molecule has 0 bridgehead atoms. The fourth-order valence-electron chi connectivity index (χ4n) is 8.21. The van der Waals surface area contributed by atoms with E-state index in [9.17, 15) is 10.5 Å². The first kappa shape index (κ1) is 28.1. The van der Waals surface area contributed by atoms with E-state index in [1.807, 2.05) is 12.1 Å². The Morgan fingerprint density at radius 3 is 2.38 bits per heavy atom. The van der Waals surface area contributed by atoms with Gasteiger partial charge in [0.2, 0.25) is 0 Å². The highest BCUT2D eigenvalue weighted by Crippen LogP contribution is 2.44. The minimum absolute atomic E-state index is 0.161. The molecule has 228 valence electrons. The van der Waals surface area contributed by atoms with Crippen molar-refractivity contribution in [2.24, 2.45) is 0 Å². The number of benzene rings is 4. The average molecular weight is 617 g/mol. The zero-order valence-electron chi connectivity index (χ0n) is 26.5. The van der Waals surface area contributed by atoms with Gasteiger partial charge >= 0.3 is 0 Å². The number of hydrogen-bond acceptors (Lipinski definition) is 2. The van der Waals surface area contributed by atoms with E-state index < -0.39 is 0 Å². The monoisotopic (exact) mass is 616 g/mol. The molecule has 1 unspecified atom stereocenters. The van der Waals surface area contributed by atoms with Gasteiger partial charge in [-0.2, -0.15) is 10.5 Å². The van der Waals surface area contributed by atoms with Gasteiger partial charge in [-0.25, -0.2) is 0 Å². The van der Waals surface area contributed by atoms with Crippen LogP contribution in [0.3, 0.4) is 0 Å². The summed E-state index contributed by atoms with van der Waals surface area (Å²) in [6, 6.07) is 36.9. The van der Waals surface area contributed by atoms with Crippen LogP contribution in [0.2, 0.25) is 0 Å². The highest BCUT2D eigenvalue weighted by atomic mass is 15.0. The Morgan fingerprint density at radius 1 is 0.708 bits per heavy atom. The molecule has 1 atom stereocenters. The normalized spacial score (nSPS) is 17.3. The predicted molar refractivity (Wildman–Crippen MR) is 196 cm³/mol. The summed E-state index contributed by atoms with van der Waals surface area (Å²) < 4.78 is 4.76. The summed E-state index contributed by atoms with van der Waals surface area (Å²) in [5, 5.41) is 23.6. The molecule has 0 saturated carbocycles. The van der Waals surface area contributed by atoms with Gasteiger partial charge in [0.05, 0.1) is 39.8 Å². The molecule has 3 aliphatic carbocycles. The fraction of sp³-hybridized carbons (Fsp3) is 0.136. The SMILES string of the molecule is N#CC1=CCCC(n2c3c(c4ccccc42)CCC=C3)=C1C1=CC=CC(c2cccc(-n3c4ccccc4c4cc(C#N)ccc43)c2)C1. The van der Waals surface area contributed by atoms with Crippen molar-refractivity contribution in [3.05, 3.63) is 160 Å². The molecule has 2 aromatic heterocycles. The van der Waals surface area contributed by atoms with Crippen LogP contribution >= 0.6 is 0 Å². The Hall–Kier alpha value is -6.10. The number of nitriles is 2. The third kappa shape index (κ3) is 4.34. The van der Waals surface area contributed by atoms with E-state index in [2.05, 4.69) is 137 Å². The summed E-state index contributed by atoms with van der Waals surface area (Å²) in [5.74, 6) is 0.161. The van der Waals surface area contributed by atoms with Gasteiger partial charge < -0.3 is 9.13 Å². The van der Waals surface area contributed by atoms with Gasteiger partial charge in [-0.1, -0.05) is 78.9 Å². The van der Waals surface area contributed by atoms with Gasteiger partial charge in [0.1, 0.15) is 0 Å². The lowest BCUT2D eigenvalue weighted by Gasteiger charge is -2.27. The van der Waals surface area contributed by atoms with E-state index >= 15 is 0 Å².